The molecule has 1 aromatic rings. The zero-order valence-electron chi connectivity index (χ0n) is 16.0. The van der Waals surface area contributed by atoms with Gasteiger partial charge in [0.05, 0.1) is 6.54 Å². The van der Waals surface area contributed by atoms with Gasteiger partial charge in [-0.2, -0.15) is 0 Å². The summed E-state index contributed by atoms with van der Waals surface area (Å²) in [6.07, 6.45) is 5.09. The van der Waals surface area contributed by atoms with Gasteiger partial charge in [-0.15, -0.1) is 0 Å². The number of carbonyl (C=O) groups is 2. The van der Waals surface area contributed by atoms with Gasteiger partial charge in [0.1, 0.15) is 0 Å². The smallest absolute Gasteiger partial charge is 0.317 e. The first-order valence-electron chi connectivity index (χ1n) is 10.3. The Morgan fingerprint density at radius 2 is 1.52 bits per heavy atom. The van der Waals surface area contributed by atoms with Crippen molar-refractivity contribution in [2.24, 2.45) is 11.8 Å². The van der Waals surface area contributed by atoms with Gasteiger partial charge in [-0.3, -0.25) is 4.79 Å². The third-order valence-electron chi connectivity index (χ3n) is 6.41. The second-order valence-corrected chi connectivity index (χ2v) is 8.07. The zero-order chi connectivity index (χ0) is 18.6. The minimum atomic E-state index is -0.0688. The van der Waals surface area contributed by atoms with E-state index in [0.29, 0.717) is 24.9 Å². The predicted molar refractivity (Wildman–Crippen MR) is 106 cm³/mol. The maximum atomic E-state index is 12.5. The van der Waals surface area contributed by atoms with Crippen LogP contribution in [0.2, 0.25) is 0 Å². The monoisotopic (exact) mass is 370 g/mol. The number of piperazine rings is 1. The fourth-order valence-corrected chi connectivity index (χ4v) is 4.80. The molecule has 146 valence electrons. The molecule has 1 N–H and O–H groups in total. The van der Waals surface area contributed by atoms with Crippen molar-refractivity contribution in [1.29, 1.82) is 0 Å². The highest BCUT2D eigenvalue weighted by Gasteiger charge is 2.36. The van der Waals surface area contributed by atoms with E-state index >= 15 is 0 Å². The van der Waals surface area contributed by atoms with Crippen LogP contribution in [0.3, 0.4) is 0 Å². The molecule has 3 amide bonds. The molecule has 3 aliphatic rings. The van der Waals surface area contributed by atoms with Crippen molar-refractivity contribution in [3.05, 3.63) is 30.3 Å². The molecule has 2 saturated heterocycles. The molecular formula is C21H30N4O2. The largest absolute Gasteiger partial charge is 0.368 e. The Bertz CT molecular complexity index is 643. The lowest BCUT2D eigenvalue weighted by molar-refractivity contribution is -0.130. The number of amides is 3. The molecule has 0 aromatic heterocycles. The molecule has 0 spiro atoms. The topological polar surface area (TPSA) is 55.9 Å². The van der Waals surface area contributed by atoms with Crippen molar-refractivity contribution < 1.29 is 9.59 Å². The van der Waals surface area contributed by atoms with E-state index in [1.165, 1.54) is 31.4 Å². The van der Waals surface area contributed by atoms with Crippen LogP contribution in [0.5, 0.6) is 0 Å². The van der Waals surface area contributed by atoms with Gasteiger partial charge in [-0.05, 0) is 36.8 Å². The Morgan fingerprint density at radius 3 is 2.15 bits per heavy atom. The summed E-state index contributed by atoms with van der Waals surface area (Å²) in [5.74, 6) is 1.37. The van der Waals surface area contributed by atoms with Crippen LogP contribution in [0.1, 0.15) is 25.7 Å². The zero-order valence-corrected chi connectivity index (χ0v) is 16.0. The highest BCUT2D eigenvalue weighted by Crippen LogP contribution is 2.35. The molecule has 2 heterocycles. The second kappa shape index (κ2) is 8.19. The van der Waals surface area contributed by atoms with Gasteiger partial charge in [0.15, 0.2) is 0 Å². The molecule has 0 unspecified atom stereocenters. The summed E-state index contributed by atoms with van der Waals surface area (Å²) in [5, 5.41) is 2.86. The molecule has 27 heavy (non-hydrogen) atoms. The average Bonchev–Trinajstić information content (AvgIpc) is 3.17. The second-order valence-electron chi connectivity index (χ2n) is 8.07. The van der Waals surface area contributed by atoms with E-state index in [9.17, 15) is 9.59 Å². The molecule has 4 rings (SSSR count). The first-order valence-corrected chi connectivity index (χ1v) is 10.3. The van der Waals surface area contributed by atoms with Crippen molar-refractivity contribution >= 4 is 17.6 Å². The number of anilines is 1. The average molecular weight is 370 g/mol. The number of benzene rings is 1. The summed E-state index contributed by atoms with van der Waals surface area (Å²) in [4.78, 5) is 31.0. The van der Waals surface area contributed by atoms with Crippen LogP contribution in [0.4, 0.5) is 10.5 Å². The van der Waals surface area contributed by atoms with E-state index in [0.717, 1.165) is 26.2 Å². The van der Waals surface area contributed by atoms with Crippen LogP contribution in [-0.4, -0.2) is 67.6 Å². The van der Waals surface area contributed by atoms with E-state index in [4.69, 9.17) is 0 Å². The number of likely N-dealkylation sites (tertiary alicyclic amines) is 1. The maximum absolute atomic E-state index is 12.5. The van der Waals surface area contributed by atoms with Crippen LogP contribution < -0.4 is 10.2 Å². The minimum absolute atomic E-state index is 0.0210. The number of nitrogens with zero attached hydrogens (tertiary/aromatic N) is 3. The normalized spacial score (nSPS) is 25.3. The highest BCUT2D eigenvalue weighted by atomic mass is 16.2. The van der Waals surface area contributed by atoms with Crippen molar-refractivity contribution in [2.45, 2.75) is 25.7 Å². The van der Waals surface area contributed by atoms with E-state index < -0.39 is 0 Å². The summed E-state index contributed by atoms with van der Waals surface area (Å²) in [6, 6.07) is 10.2. The lowest BCUT2D eigenvalue weighted by atomic mass is 9.82. The Labute approximate surface area is 161 Å². The summed E-state index contributed by atoms with van der Waals surface area (Å²) < 4.78 is 0. The molecule has 0 radical (unpaired) electrons. The van der Waals surface area contributed by atoms with Crippen LogP contribution >= 0.6 is 0 Å². The van der Waals surface area contributed by atoms with Gasteiger partial charge in [0.2, 0.25) is 5.91 Å². The van der Waals surface area contributed by atoms with Crippen LogP contribution in [0.15, 0.2) is 30.3 Å². The first kappa shape index (κ1) is 18.1. The van der Waals surface area contributed by atoms with Gasteiger partial charge in [0, 0.05) is 45.0 Å². The van der Waals surface area contributed by atoms with Crippen molar-refractivity contribution in [2.75, 3.05) is 50.7 Å². The van der Waals surface area contributed by atoms with Crippen molar-refractivity contribution in [3.8, 4) is 0 Å². The SMILES string of the molecule is O=C(CNC(=O)N1C[C@H]2CCCC[C@H]2C1)N1CCN(c2ccccc2)CC1. The number of carbonyl (C=O) groups excluding carboxylic acids is 2. The van der Waals surface area contributed by atoms with E-state index in [2.05, 4.69) is 22.3 Å². The summed E-state index contributed by atoms with van der Waals surface area (Å²) in [5.41, 5.74) is 1.20. The fourth-order valence-electron chi connectivity index (χ4n) is 4.80. The summed E-state index contributed by atoms with van der Waals surface area (Å²) in [6.45, 7) is 4.91. The third-order valence-corrected chi connectivity index (χ3v) is 6.41. The number of fused-ring (bicyclic) bond motifs is 1. The molecule has 3 fully saturated rings. The summed E-state index contributed by atoms with van der Waals surface area (Å²) in [7, 11) is 0. The highest BCUT2D eigenvalue weighted by molar-refractivity contribution is 5.84. The minimum Gasteiger partial charge on any atom is -0.368 e. The number of nitrogens with one attached hydrogen (secondary N) is 1. The quantitative estimate of drug-likeness (QED) is 0.887. The fraction of sp³-hybridized carbons (Fsp3) is 0.619. The lowest BCUT2D eigenvalue weighted by Crippen LogP contribution is -2.52. The Morgan fingerprint density at radius 1 is 0.889 bits per heavy atom. The van der Waals surface area contributed by atoms with Crippen molar-refractivity contribution in [1.82, 2.24) is 15.1 Å². The van der Waals surface area contributed by atoms with E-state index in [-0.39, 0.29) is 18.5 Å². The van der Waals surface area contributed by atoms with Gasteiger partial charge in [0.25, 0.3) is 0 Å². The molecule has 1 aromatic carbocycles. The van der Waals surface area contributed by atoms with E-state index in [1.807, 2.05) is 28.0 Å². The standard InChI is InChI=1S/C21H30N4O2/c26-20(24-12-10-23(11-13-24)19-8-2-1-3-9-19)14-22-21(27)25-15-17-6-4-5-7-18(17)16-25/h1-3,8-9,17-18H,4-7,10-16H2,(H,22,27)/t17-,18+. The van der Waals surface area contributed by atoms with Gasteiger partial charge in [-0.1, -0.05) is 31.0 Å². The molecule has 0 bridgehead atoms. The van der Waals surface area contributed by atoms with Crippen LogP contribution in [0.25, 0.3) is 0 Å². The summed E-state index contributed by atoms with van der Waals surface area (Å²) >= 11 is 0. The van der Waals surface area contributed by atoms with Gasteiger partial charge < -0.3 is 20.0 Å². The maximum Gasteiger partial charge on any atom is 0.317 e. The van der Waals surface area contributed by atoms with Gasteiger partial charge in [-0.25, -0.2) is 4.79 Å². The lowest BCUT2D eigenvalue weighted by Gasteiger charge is -2.36. The first-order chi connectivity index (χ1) is 13.2. The predicted octanol–water partition coefficient (Wildman–Crippen LogP) is 2.17. The molecule has 2 atom stereocenters. The number of hydrogen-bond acceptors (Lipinski definition) is 3. The third kappa shape index (κ3) is 4.20. The molecular weight excluding hydrogens is 340 g/mol. The number of para-hydroxylation sites is 1. The molecule has 1 saturated carbocycles. The number of hydrogen-bond donors (Lipinski definition) is 1. The Balaban J connectivity index is 1.20. The Hall–Kier alpha value is -2.24. The molecule has 2 aliphatic heterocycles. The Kier molecular flexibility index (Phi) is 5.50. The van der Waals surface area contributed by atoms with Gasteiger partial charge >= 0.3 is 6.03 Å². The van der Waals surface area contributed by atoms with Crippen molar-refractivity contribution in [3.63, 3.8) is 0 Å². The molecule has 6 heteroatoms. The molecule has 6 nitrogen and oxygen atoms in total. The van der Waals surface area contributed by atoms with Crippen LogP contribution in [0, 0.1) is 11.8 Å². The number of rotatable bonds is 3. The van der Waals surface area contributed by atoms with E-state index in [1.54, 1.807) is 0 Å². The van der Waals surface area contributed by atoms with Crippen LogP contribution in [-0.2, 0) is 4.79 Å². The molecule has 1 aliphatic carbocycles. The number of urea groups is 1.